The van der Waals surface area contributed by atoms with E-state index in [-0.39, 0.29) is 0 Å². The van der Waals surface area contributed by atoms with E-state index in [0.717, 1.165) is 23.2 Å². The molecule has 2 N–H and O–H groups in total. The van der Waals surface area contributed by atoms with Crippen LogP contribution in [0.4, 0.5) is 5.95 Å². The summed E-state index contributed by atoms with van der Waals surface area (Å²) in [4.78, 5) is 8.15. The van der Waals surface area contributed by atoms with E-state index in [4.69, 9.17) is 11.0 Å². The van der Waals surface area contributed by atoms with Gasteiger partial charge in [-0.1, -0.05) is 24.3 Å². The van der Waals surface area contributed by atoms with Crippen LogP contribution in [0.2, 0.25) is 0 Å². The van der Waals surface area contributed by atoms with Gasteiger partial charge in [-0.2, -0.15) is 5.26 Å². The fraction of sp³-hybridized carbons (Fsp3) is 0.214. The van der Waals surface area contributed by atoms with Gasteiger partial charge in [0.05, 0.1) is 12.5 Å². The van der Waals surface area contributed by atoms with Gasteiger partial charge in [-0.05, 0) is 23.6 Å². The number of hydrogen-bond donors (Lipinski definition) is 1. The second kappa shape index (κ2) is 5.28. The molecule has 1 aromatic heterocycles. The first-order valence-corrected chi connectivity index (χ1v) is 5.72. The normalized spacial score (nSPS) is 10.0. The molecular weight excluding hydrogens is 224 g/mol. The molecule has 0 aliphatic rings. The third-order valence-corrected chi connectivity index (χ3v) is 2.80. The molecular formula is C14H14N4. The third kappa shape index (κ3) is 2.83. The molecule has 2 rings (SSSR count). The SMILES string of the molecule is Cc1nc(N)ncc1Cc1ccc(CC#N)cc1. The maximum Gasteiger partial charge on any atom is 0.220 e. The standard InChI is InChI=1S/C14H14N4/c1-10-13(9-17-14(16)18-10)8-12-4-2-11(3-5-12)6-7-15/h2-5,9H,6,8H2,1H3,(H2,16,17,18). The molecule has 2 aromatic rings. The summed E-state index contributed by atoms with van der Waals surface area (Å²) < 4.78 is 0. The van der Waals surface area contributed by atoms with Crippen LogP contribution in [0.1, 0.15) is 22.4 Å². The minimum atomic E-state index is 0.306. The van der Waals surface area contributed by atoms with E-state index in [9.17, 15) is 0 Å². The fourth-order valence-electron chi connectivity index (χ4n) is 1.77. The van der Waals surface area contributed by atoms with E-state index in [1.807, 2.05) is 31.2 Å². The number of benzene rings is 1. The first-order valence-electron chi connectivity index (χ1n) is 5.72. The maximum absolute atomic E-state index is 8.61. The van der Waals surface area contributed by atoms with E-state index in [0.29, 0.717) is 12.4 Å². The fourth-order valence-corrected chi connectivity index (χ4v) is 1.77. The molecule has 0 atom stereocenters. The number of aromatic nitrogens is 2. The van der Waals surface area contributed by atoms with Crippen LogP contribution in [-0.2, 0) is 12.8 Å². The van der Waals surface area contributed by atoms with Crippen molar-refractivity contribution in [1.82, 2.24) is 9.97 Å². The van der Waals surface area contributed by atoms with Crippen molar-refractivity contribution in [3.63, 3.8) is 0 Å². The van der Waals surface area contributed by atoms with Gasteiger partial charge in [0.25, 0.3) is 0 Å². The molecule has 0 amide bonds. The van der Waals surface area contributed by atoms with Gasteiger partial charge in [0.15, 0.2) is 0 Å². The Kier molecular flexibility index (Phi) is 3.54. The van der Waals surface area contributed by atoms with Crippen LogP contribution in [0.25, 0.3) is 0 Å². The van der Waals surface area contributed by atoms with Gasteiger partial charge in [-0.25, -0.2) is 9.97 Å². The minimum absolute atomic E-state index is 0.306. The molecule has 0 saturated heterocycles. The number of nitriles is 1. The Morgan fingerprint density at radius 2 is 1.89 bits per heavy atom. The summed E-state index contributed by atoms with van der Waals surface area (Å²) >= 11 is 0. The molecule has 0 saturated carbocycles. The summed E-state index contributed by atoms with van der Waals surface area (Å²) in [6, 6.07) is 10.2. The van der Waals surface area contributed by atoms with Gasteiger partial charge in [-0.15, -0.1) is 0 Å². The van der Waals surface area contributed by atoms with Crippen molar-refractivity contribution >= 4 is 5.95 Å². The summed E-state index contributed by atoms with van der Waals surface area (Å²) in [6.45, 7) is 1.93. The number of aryl methyl sites for hydroxylation is 1. The molecule has 4 nitrogen and oxygen atoms in total. The highest BCUT2D eigenvalue weighted by Gasteiger charge is 2.03. The number of hydrogen-bond acceptors (Lipinski definition) is 4. The van der Waals surface area contributed by atoms with Crippen LogP contribution < -0.4 is 5.73 Å². The Morgan fingerprint density at radius 3 is 2.50 bits per heavy atom. The Balaban J connectivity index is 2.16. The average molecular weight is 238 g/mol. The summed E-state index contributed by atoms with van der Waals surface area (Å²) in [7, 11) is 0. The molecule has 0 unspecified atom stereocenters. The Labute approximate surface area is 106 Å². The van der Waals surface area contributed by atoms with Crippen LogP contribution in [0.15, 0.2) is 30.5 Å². The van der Waals surface area contributed by atoms with Crippen molar-refractivity contribution < 1.29 is 0 Å². The first kappa shape index (κ1) is 12.1. The molecule has 0 fully saturated rings. The predicted octanol–water partition coefficient (Wildman–Crippen LogP) is 2.02. The molecule has 0 radical (unpaired) electrons. The van der Waals surface area contributed by atoms with Crippen molar-refractivity contribution in [2.45, 2.75) is 19.8 Å². The highest BCUT2D eigenvalue weighted by atomic mass is 15.0. The van der Waals surface area contributed by atoms with Gasteiger partial charge in [-0.3, -0.25) is 0 Å². The van der Waals surface area contributed by atoms with Crippen LogP contribution in [0.5, 0.6) is 0 Å². The lowest BCUT2D eigenvalue weighted by Gasteiger charge is -2.06. The van der Waals surface area contributed by atoms with Gasteiger partial charge in [0.1, 0.15) is 0 Å². The zero-order chi connectivity index (χ0) is 13.0. The predicted molar refractivity (Wildman–Crippen MR) is 69.7 cm³/mol. The summed E-state index contributed by atoms with van der Waals surface area (Å²) in [5, 5.41) is 8.61. The number of nitrogens with zero attached hydrogens (tertiary/aromatic N) is 3. The first-order chi connectivity index (χ1) is 8.69. The number of rotatable bonds is 3. The monoisotopic (exact) mass is 238 g/mol. The smallest absolute Gasteiger partial charge is 0.220 e. The molecule has 1 aromatic carbocycles. The zero-order valence-corrected chi connectivity index (χ0v) is 10.2. The van der Waals surface area contributed by atoms with Gasteiger partial charge < -0.3 is 5.73 Å². The number of anilines is 1. The number of nitrogens with two attached hydrogens (primary N) is 1. The van der Waals surface area contributed by atoms with Crippen molar-refractivity contribution in [3.8, 4) is 6.07 Å². The van der Waals surface area contributed by atoms with Crippen LogP contribution in [0.3, 0.4) is 0 Å². The second-order valence-electron chi connectivity index (χ2n) is 4.17. The van der Waals surface area contributed by atoms with Crippen molar-refractivity contribution in [2.24, 2.45) is 0 Å². The molecule has 18 heavy (non-hydrogen) atoms. The summed E-state index contributed by atoms with van der Waals surface area (Å²) in [5.74, 6) is 0.306. The van der Waals surface area contributed by atoms with Crippen molar-refractivity contribution in [1.29, 1.82) is 5.26 Å². The highest BCUT2D eigenvalue weighted by molar-refractivity contribution is 5.32. The van der Waals surface area contributed by atoms with E-state index < -0.39 is 0 Å². The van der Waals surface area contributed by atoms with Crippen LogP contribution >= 0.6 is 0 Å². The Hall–Kier alpha value is -2.41. The summed E-state index contributed by atoms with van der Waals surface area (Å²) in [5.41, 5.74) is 9.70. The lowest BCUT2D eigenvalue weighted by atomic mass is 10.0. The summed E-state index contributed by atoms with van der Waals surface area (Å²) in [6.07, 6.45) is 2.99. The average Bonchev–Trinajstić information content (AvgIpc) is 2.35. The van der Waals surface area contributed by atoms with E-state index in [1.165, 1.54) is 5.56 Å². The van der Waals surface area contributed by atoms with Gasteiger partial charge in [0, 0.05) is 18.3 Å². The number of nitrogen functional groups attached to an aromatic ring is 1. The van der Waals surface area contributed by atoms with Crippen LogP contribution in [-0.4, -0.2) is 9.97 Å². The molecule has 0 bridgehead atoms. The molecule has 1 heterocycles. The van der Waals surface area contributed by atoms with E-state index >= 15 is 0 Å². The maximum atomic E-state index is 8.61. The van der Waals surface area contributed by atoms with Crippen molar-refractivity contribution in [3.05, 3.63) is 52.8 Å². The van der Waals surface area contributed by atoms with Crippen molar-refractivity contribution in [2.75, 3.05) is 5.73 Å². The molecule has 4 heteroatoms. The van der Waals surface area contributed by atoms with Gasteiger partial charge >= 0.3 is 0 Å². The van der Waals surface area contributed by atoms with Gasteiger partial charge in [0.2, 0.25) is 5.95 Å². The van der Waals surface area contributed by atoms with Crippen LogP contribution in [0, 0.1) is 18.3 Å². The lowest BCUT2D eigenvalue weighted by Crippen LogP contribution is -2.01. The molecule has 0 aliphatic heterocycles. The second-order valence-corrected chi connectivity index (χ2v) is 4.17. The largest absolute Gasteiger partial charge is 0.368 e. The minimum Gasteiger partial charge on any atom is -0.368 e. The Morgan fingerprint density at radius 1 is 1.22 bits per heavy atom. The topological polar surface area (TPSA) is 75.6 Å². The molecule has 90 valence electrons. The Bertz CT molecular complexity index is 582. The van der Waals surface area contributed by atoms with E-state index in [1.54, 1.807) is 6.20 Å². The third-order valence-electron chi connectivity index (χ3n) is 2.80. The zero-order valence-electron chi connectivity index (χ0n) is 10.2. The molecule has 0 aliphatic carbocycles. The molecule has 0 spiro atoms. The lowest BCUT2D eigenvalue weighted by molar-refractivity contribution is 1.03. The van der Waals surface area contributed by atoms with E-state index in [2.05, 4.69) is 16.0 Å². The quantitative estimate of drug-likeness (QED) is 0.887. The highest BCUT2D eigenvalue weighted by Crippen LogP contribution is 2.13.